The SMILES string of the molecule is CC(C(=O)NC1COCC1Cl)C1CC1. The minimum atomic E-state index is -0.0645. The number of rotatable bonds is 3. The molecule has 1 saturated carbocycles. The molecule has 2 rings (SSSR count). The zero-order valence-corrected chi connectivity index (χ0v) is 9.09. The van der Waals surface area contributed by atoms with Gasteiger partial charge in [0.15, 0.2) is 0 Å². The van der Waals surface area contributed by atoms with Crippen LogP contribution in [0.25, 0.3) is 0 Å². The zero-order valence-electron chi connectivity index (χ0n) is 8.33. The summed E-state index contributed by atoms with van der Waals surface area (Å²) in [4.78, 5) is 11.7. The summed E-state index contributed by atoms with van der Waals surface area (Å²) in [6.07, 6.45) is 2.39. The normalized spacial score (nSPS) is 34.1. The number of hydrogen-bond acceptors (Lipinski definition) is 2. The van der Waals surface area contributed by atoms with Gasteiger partial charge in [-0.1, -0.05) is 6.92 Å². The number of carbonyl (C=O) groups excluding carboxylic acids is 1. The molecule has 4 heteroatoms. The van der Waals surface area contributed by atoms with Crippen molar-refractivity contribution in [3.63, 3.8) is 0 Å². The van der Waals surface area contributed by atoms with Gasteiger partial charge in [-0.05, 0) is 18.8 Å². The highest BCUT2D eigenvalue weighted by Crippen LogP contribution is 2.36. The average molecular weight is 218 g/mol. The average Bonchev–Trinajstić information content (AvgIpc) is 2.92. The van der Waals surface area contributed by atoms with Crippen LogP contribution < -0.4 is 5.32 Å². The van der Waals surface area contributed by atoms with Crippen molar-refractivity contribution in [2.24, 2.45) is 11.8 Å². The van der Waals surface area contributed by atoms with Gasteiger partial charge in [0, 0.05) is 5.92 Å². The Hall–Kier alpha value is -0.280. The second kappa shape index (κ2) is 4.07. The number of ether oxygens (including phenoxy) is 1. The van der Waals surface area contributed by atoms with Gasteiger partial charge >= 0.3 is 0 Å². The van der Waals surface area contributed by atoms with Gasteiger partial charge in [0.25, 0.3) is 0 Å². The summed E-state index contributed by atoms with van der Waals surface area (Å²) >= 11 is 5.98. The molecule has 80 valence electrons. The first kappa shape index (κ1) is 10.2. The Kier molecular flexibility index (Phi) is 2.98. The largest absolute Gasteiger partial charge is 0.378 e. The predicted octanol–water partition coefficient (Wildman–Crippen LogP) is 1.15. The number of alkyl halides is 1. The number of carbonyl (C=O) groups is 1. The molecular formula is C10H16ClNO2. The van der Waals surface area contributed by atoms with Gasteiger partial charge in [-0.15, -0.1) is 11.6 Å². The maximum atomic E-state index is 11.7. The second-order valence-electron chi connectivity index (χ2n) is 4.29. The molecule has 3 atom stereocenters. The van der Waals surface area contributed by atoms with Gasteiger partial charge in [0.1, 0.15) is 0 Å². The predicted molar refractivity (Wildman–Crippen MR) is 54.3 cm³/mol. The molecule has 0 aromatic carbocycles. The lowest BCUT2D eigenvalue weighted by atomic mass is 10.1. The van der Waals surface area contributed by atoms with E-state index in [4.69, 9.17) is 16.3 Å². The van der Waals surface area contributed by atoms with E-state index in [0.717, 1.165) is 0 Å². The Balaban J connectivity index is 1.80. The molecule has 1 aliphatic heterocycles. The minimum Gasteiger partial charge on any atom is -0.378 e. The van der Waals surface area contributed by atoms with E-state index in [2.05, 4.69) is 5.32 Å². The van der Waals surface area contributed by atoms with Gasteiger partial charge in [-0.25, -0.2) is 0 Å². The number of hydrogen-bond donors (Lipinski definition) is 1. The molecule has 1 amide bonds. The molecule has 1 N–H and O–H groups in total. The van der Waals surface area contributed by atoms with Gasteiger partial charge in [0.05, 0.1) is 24.6 Å². The summed E-state index contributed by atoms with van der Waals surface area (Å²) in [5, 5.41) is 2.89. The molecule has 14 heavy (non-hydrogen) atoms. The number of nitrogens with one attached hydrogen (secondary N) is 1. The van der Waals surface area contributed by atoms with Crippen molar-refractivity contribution in [1.82, 2.24) is 5.32 Å². The van der Waals surface area contributed by atoms with Crippen LogP contribution in [0.2, 0.25) is 0 Å². The van der Waals surface area contributed by atoms with E-state index >= 15 is 0 Å². The van der Waals surface area contributed by atoms with E-state index in [1.807, 2.05) is 6.92 Å². The summed E-state index contributed by atoms with van der Waals surface area (Å²) in [6.45, 7) is 3.09. The van der Waals surface area contributed by atoms with Crippen LogP contribution in [0.4, 0.5) is 0 Å². The van der Waals surface area contributed by atoms with Crippen molar-refractivity contribution in [3.05, 3.63) is 0 Å². The molecule has 1 heterocycles. The van der Waals surface area contributed by atoms with Crippen LogP contribution in [0.15, 0.2) is 0 Å². The van der Waals surface area contributed by atoms with Crippen LogP contribution in [-0.2, 0) is 9.53 Å². The van der Waals surface area contributed by atoms with Crippen molar-refractivity contribution in [3.8, 4) is 0 Å². The van der Waals surface area contributed by atoms with E-state index in [9.17, 15) is 4.79 Å². The molecule has 2 aliphatic rings. The fourth-order valence-electron chi connectivity index (χ4n) is 1.78. The Morgan fingerprint density at radius 2 is 2.21 bits per heavy atom. The van der Waals surface area contributed by atoms with E-state index in [0.29, 0.717) is 19.1 Å². The smallest absolute Gasteiger partial charge is 0.223 e. The van der Waals surface area contributed by atoms with Crippen LogP contribution in [0.1, 0.15) is 19.8 Å². The third-order valence-corrected chi connectivity index (χ3v) is 3.51. The third-order valence-electron chi connectivity index (χ3n) is 3.08. The lowest BCUT2D eigenvalue weighted by Gasteiger charge is -2.17. The van der Waals surface area contributed by atoms with Gasteiger partial charge in [0.2, 0.25) is 5.91 Å². The Morgan fingerprint density at radius 3 is 2.71 bits per heavy atom. The number of halogens is 1. The lowest BCUT2D eigenvalue weighted by molar-refractivity contribution is -0.125. The maximum Gasteiger partial charge on any atom is 0.223 e. The minimum absolute atomic E-state index is 0.00497. The molecule has 0 bridgehead atoms. The zero-order chi connectivity index (χ0) is 10.1. The molecule has 0 aromatic rings. The third kappa shape index (κ3) is 2.20. The molecule has 2 fully saturated rings. The highest BCUT2D eigenvalue weighted by molar-refractivity contribution is 6.21. The summed E-state index contributed by atoms with van der Waals surface area (Å²) in [5.41, 5.74) is 0. The molecule has 1 aliphatic carbocycles. The fourth-order valence-corrected chi connectivity index (χ4v) is 2.01. The standard InChI is InChI=1S/C10H16ClNO2/c1-6(7-2-3-7)10(13)12-9-5-14-4-8(9)11/h6-9H,2-5H2,1H3,(H,12,13). The van der Waals surface area contributed by atoms with Crippen molar-refractivity contribution >= 4 is 17.5 Å². The van der Waals surface area contributed by atoms with Crippen LogP contribution in [-0.4, -0.2) is 30.5 Å². The monoisotopic (exact) mass is 217 g/mol. The van der Waals surface area contributed by atoms with Crippen molar-refractivity contribution in [2.45, 2.75) is 31.2 Å². The highest BCUT2D eigenvalue weighted by atomic mass is 35.5. The maximum absolute atomic E-state index is 11.7. The molecule has 0 radical (unpaired) electrons. The van der Waals surface area contributed by atoms with Crippen LogP contribution >= 0.6 is 11.6 Å². The van der Waals surface area contributed by atoms with Crippen molar-refractivity contribution in [1.29, 1.82) is 0 Å². The number of amides is 1. The summed E-state index contributed by atoms with van der Waals surface area (Å²) in [5.74, 6) is 0.874. The summed E-state index contributed by atoms with van der Waals surface area (Å²) in [7, 11) is 0. The fraction of sp³-hybridized carbons (Fsp3) is 0.900. The van der Waals surface area contributed by atoms with E-state index in [1.165, 1.54) is 12.8 Å². The quantitative estimate of drug-likeness (QED) is 0.721. The van der Waals surface area contributed by atoms with Gasteiger partial charge in [-0.3, -0.25) is 4.79 Å². The lowest BCUT2D eigenvalue weighted by Crippen LogP contribution is -2.43. The van der Waals surface area contributed by atoms with Gasteiger partial charge in [-0.2, -0.15) is 0 Å². The molecular weight excluding hydrogens is 202 g/mol. The first-order valence-corrected chi connectivity index (χ1v) is 5.64. The van der Waals surface area contributed by atoms with Gasteiger partial charge < -0.3 is 10.1 Å². The molecule has 1 saturated heterocycles. The van der Waals surface area contributed by atoms with Crippen LogP contribution in [0, 0.1) is 11.8 Å². The second-order valence-corrected chi connectivity index (χ2v) is 4.86. The summed E-state index contributed by atoms with van der Waals surface area (Å²) < 4.78 is 5.18. The first-order valence-electron chi connectivity index (χ1n) is 5.20. The van der Waals surface area contributed by atoms with Crippen molar-refractivity contribution in [2.75, 3.05) is 13.2 Å². The highest BCUT2D eigenvalue weighted by Gasteiger charge is 2.35. The van der Waals surface area contributed by atoms with E-state index < -0.39 is 0 Å². The molecule has 3 nitrogen and oxygen atoms in total. The van der Waals surface area contributed by atoms with Crippen LogP contribution in [0.3, 0.4) is 0 Å². The molecule has 0 aromatic heterocycles. The molecule has 0 spiro atoms. The Bertz CT molecular complexity index is 230. The topological polar surface area (TPSA) is 38.3 Å². The molecule has 3 unspecified atom stereocenters. The van der Waals surface area contributed by atoms with E-state index in [1.54, 1.807) is 0 Å². The van der Waals surface area contributed by atoms with Crippen molar-refractivity contribution < 1.29 is 9.53 Å². The van der Waals surface area contributed by atoms with Crippen LogP contribution in [0.5, 0.6) is 0 Å². The Labute approximate surface area is 89.1 Å². The van der Waals surface area contributed by atoms with E-state index in [-0.39, 0.29) is 23.2 Å². The summed E-state index contributed by atoms with van der Waals surface area (Å²) in [6, 6.07) is 0.00497. The first-order chi connectivity index (χ1) is 6.68. The Morgan fingerprint density at radius 1 is 1.50 bits per heavy atom.